The Morgan fingerprint density at radius 3 is 2.89 bits per heavy atom. The van der Waals surface area contributed by atoms with Crippen LogP contribution in [0.15, 0.2) is 41.1 Å². The van der Waals surface area contributed by atoms with Gasteiger partial charge in [0.15, 0.2) is 5.76 Å². The first-order chi connectivity index (χ1) is 8.65. The van der Waals surface area contributed by atoms with Crippen molar-refractivity contribution in [3.05, 3.63) is 59.4 Å². The number of aromatic nitrogens is 1. The maximum Gasteiger partial charge on any atom is 0.290 e. The summed E-state index contributed by atoms with van der Waals surface area (Å²) in [6.07, 6.45) is 4.77. The molecule has 1 amide bonds. The van der Waals surface area contributed by atoms with E-state index in [-0.39, 0.29) is 11.7 Å². The van der Waals surface area contributed by atoms with Crippen LogP contribution in [0.3, 0.4) is 0 Å². The molecule has 0 atom stereocenters. The molecule has 0 radical (unpaired) electrons. The molecule has 0 saturated carbocycles. The number of carbonyl (C=O) groups excluding carboxylic acids is 1. The molecule has 0 fully saturated rings. The van der Waals surface area contributed by atoms with Crippen molar-refractivity contribution in [2.75, 3.05) is 0 Å². The number of carbonyl (C=O) groups is 1. The number of nitrogens with zero attached hydrogens (tertiary/aromatic N) is 1. The van der Waals surface area contributed by atoms with E-state index in [0.717, 1.165) is 17.0 Å². The summed E-state index contributed by atoms with van der Waals surface area (Å²) in [6.45, 7) is 3.94. The van der Waals surface area contributed by atoms with Crippen LogP contribution < -0.4 is 5.32 Å². The Morgan fingerprint density at radius 2 is 2.22 bits per heavy atom. The molecule has 1 N–H and O–H groups in total. The van der Waals surface area contributed by atoms with E-state index in [9.17, 15) is 4.79 Å². The van der Waals surface area contributed by atoms with Crippen molar-refractivity contribution in [1.82, 2.24) is 10.3 Å². The second kappa shape index (κ2) is 5.31. The molecule has 2 rings (SSSR count). The van der Waals surface area contributed by atoms with Gasteiger partial charge >= 0.3 is 0 Å². The predicted octanol–water partition coefficient (Wildman–Crippen LogP) is 2.69. The van der Waals surface area contributed by atoms with Crippen LogP contribution in [0, 0.1) is 13.8 Å². The monoisotopic (exact) mass is 242 g/mol. The largest absolute Gasteiger partial charge is 0.459 e. The van der Waals surface area contributed by atoms with Crippen LogP contribution in [0.5, 0.6) is 0 Å². The van der Waals surface area contributed by atoms with E-state index in [1.54, 1.807) is 24.4 Å². The SMILES string of the molecule is Cc1cc(C)nc(C=CNC(=O)c2ccco2)c1. The minimum absolute atomic E-state index is 0.277. The minimum atomic E-state index is -0.277. The van der Waals surface area contributed by atoms with Gasteiger partial charge in [-0.2, -0.15) is 0 Å². The van der Waals surface area contributed by atoms with Crippen LogP contribution in [-0.4, -0.2) is 10.9 Å². The van der Waals surface area contributed by atoms with E-state index in [4.69, 9.17) is 4.42 Å². The summed E-state index contributed by atoms with van der Waals surface area (Å²) >= 11 is 0. The third-order valence-corrected chi connectivity index (χ3v) is 2.33. The highest BCUT2D eigenvalue weighted by molar-refractivity contribution is 5.92. The lowest BCUT2D eigenvalue weighted by molar-refractivity contribution is 0.0943. The van der Waals surface area contributed by atoms with Gasteiger partial charge in [0.2, 0.25) is 0 Å². The Kier molecular flexibility index (Phi) is 3.57. The first-order valence-electron chi connectivity index (χ1n) is 5.61. The van der Waals surface area contributed by atoms with Crippen molar-refractivity contribution < 1.29 is 9.21 Å². The van der Waals surface area contributed by atoms with Crippen molar-refractivity contribution in [3.8, 4) is 0 Å². The Balaban J connectivity index is 2.01. The molecule has 4 nitrogen and oxygen atoms in total. The maximum atomic E-state index is 11.6. The van der Waals surface area contributed by atoms with Crippen molar-refractivity contribution in [2.24, 2.45) is 0 Å². The molecule has 2 aromatic heterocycles. The number of rotatable bonds is 3. The van der Waals surface area contributed by atoms with Crippen LogP contribution in [0.4, 0.5) is 0 Å². The van der Waals surface area contributed by atoms with Gasteiger partial charge in [-0.15, -0.1) is 0 Å². The topological polar surface area (TPSA) is 55.1 Å². The van der Waals surface area contributed by atoms with E-state index in [1.165, 1.54) is 6.26 Å². The molecular formula is C14H14N2O2. The van der Waals surface area contributed by atoms with Crippen LogP contribution in [0.1, 0.15) is 27.5 Å². The fourth-order valence-electron chi connectivity index (χ4n) is 1.64. The first kappa shape index (κ1) is 12.1. The standard InChI is InChI=1S/C14H14N2O2/c1-10-8-11(2)16-12(9-10)5-6-15-14(17)13-4-3-7-18-13/h3-9H,1-2H3,(H,15,17). The number of aryl methyl sites for hydroxylation is 2. The smallest absolute Gasteiger partial charge is 0.290 e. The average molecular weight is 242 g/mol. The van der Waals surface area contributed by atoms with Crippen molar-refractivity contribution in [1.29, 1.82) is 0 Å². The van der Waals surface area contributed by atoms with Crippen LogP contribution in [0.2, 0.25) is 0 Å². The third-order valence-electron chi connectivity index (χ3n) is 2.33. The fraction of sp³-hybridized carbons (Fsp3) is 0.143. The van der Waals surface area contributed by atoms with Crippen molar-refractivity contribution >= 4 is 12.0 Å². The Morgan fingerprint density at radius 1 is 1.39 bits per heavy atom. The van der Waals surface area contributed by atoms with Crippen LogP contribution >= 0.6 is 0 Å². The van der Waals surface area contributed by atoms with Gasteiger partial charge < -0.3 is 9.73 Å². The number of hydrogen-bond acceptors (Lipinski definition) is 3. The lowest BCUT2D eigenvalue weighted by atomic mass is 10.2. The fourth-order valence-corrected chi connectivity index (χ4v) is 1.64. The van der Waals surface area contributed by atoms with E-state index in [2.05, 4.69) is 10.3 Å². The highest BCUT2D eigenvalue weighted by Gasteiger charge is 2.04. The summed E-state index contributed by atoms with van der Waals surface area (Å²) in [5.74, 6) is 0.00802. The van der Waals surface area contributed by atoms with Gasteiger partial charge in [0, 0.05) is 11.9 Å². The van der Waals surface area contributed by atoms with Gasteiger partial charge in [-0.3, -0.25) is 9.78 Å². The van der Waals surface area contributed by atoms with Gasteiger partial charge in [-0.25, -0.2) is 0 Å². The average Bonchev–Trinajstić information content (AvgIpc) is 2.80. The lowest BCUT2D eigenvalue weighted by Gasteiger charge is -1.99. The summed E-state index contributed by atoms with van der Waals surface area (Å²) in [6, 6.07) is 7.23. The number of nitrogens with one attached hydrogen (secondary N) is 1. The van der Waals surface area contributed by atoms with Gasteiger partial charge in [0.05, 0.1) is 12.0 Å². The van der Waals surface area contributed by atoms with E-state index in [0.29, 0.717) is 0 Å². The summed E-state index contributed by atoms with van der Waals surface area (Å²) < 4.78 is 4.97. The Bertz CT molecular complexity index is 551. The van der Waals surface area contributed by atoms with Crippen molar-refractivity contribution in [2.45, 2.75) is 13.8 Å². The van der Waals surface area contributed by atoms with Gasteiger partial charge in [-0.1, -0.05) is 0 Å². The number of amides is 1. The molecule has 0 aliphatic carbocycles. The second-order valence-corrected chi connectivity index (χ2v) is 3.99. The quantitative estimate of drug-likeness (QED) is 0.900. The summed E-state index contributed by atoms with van der Waals surface area (Å²) in [7, 11) is 0. The Labute approximate surface area is 105 Å². The normalized spacial score (nSPS) is 10.8. The highest BCUT2D eigenvalue weighted by atomic mass is 16.3. The molecule has 0 aliphatic heterocycles. The molecular weight excluding hydrogens is 228 g/mol. The zero-order chi connectivity index (χ0) is 13.0. The van der Waals surface area contributed by atoms with Crippen molar-refractivity contribution in [3.63, 3.8) is 0 Å². The molecule has 4 heteroatoms. The molecule has 0 unspecified atom stereocenters. The highest BCUT2D eigenvalue weighted by Crippen LogP contribution is 2.05. The predicted molar refractivity (Wildman–Crippen MR) is 68.9 cm³/mol. The molecule has 0 aliphatic rings. The molecule has 2 heterocycles. The van der Waals surface area contributed by atoms with E-state index < -0.39 is 0 Å². The molecule has 0 saturated heterocycles. The lowest BCUT2D eigenvalue weighted by Crippen LogP contribution is -2.15. The molecule has 2 aromatic rings. The van der Waals surface area contributed by atoms with E-state index in [1.807, 2.05) is 26.0 Å². The summed E-state index contributed by atoms with van der Waals surface area (Å²) in [5.41, 5.74) is 2.90. The minimum Gasteiger partial charge on any atom is -0.459 e. The van der Waals surface area contributed by atoms with Gasteiger partial charge in [0.25, 0.3) is 5.91 Å². The van der Waals surface area contributed by atoms with Crippen LogP contribution in [-0.2, 0) is 0 Å². The van der Waals surface area contributed by atoms with Gasteiger partial charge in [-0.05, 0) is 49.8 Å². The number of hydrogen-bond donors (Lipinski definition) is 1. The molecule has 0 bridgehead atoms. The number of pyridine rings is 1. The molecule has 0 spiro atoms. The molecule has 0 aromatic carbocycles. The third kappa shape index (κ3) is 3.07. The maximum absolute atomic E-state index is 11.6. The molecule has 18 heavy (non-hydrogen) atoms. The van der Waals surface area contributed by atoms with Gasteiger partial charge in [0.1, 0.15) is 0 Å². The Hall–Kier alpha value is -2.36. The zero-order valence-corrected chi connectivity index (χ0v) is 10.3. The van der Waals surface area contributed by atoms with Crippen LogP contribution in [0.25, 0.3) is 6.08 Å². The zero-order valence-electron chi connectivity index (χ0n) is 10.3. The van der Waals surface area contributed by atoms with E-state index >= 15 is 0 Å². The molecule has 92 valence electrons. The summed E-state index contributed by atoms with van der Waals surface area (Å²) in [5, 5.41) is 2.62. The number of furan rings is 1. The summed E-state index contributed by atoms with van der Waals surface area (Å²) in [4.78, 5) is 15.9. The second-order valence-electron chi connectivity index (χ2n) is 3.99. The first-order valence-corrected chi connectivity index (χ1v) is 5.61.